The molecule has 0 radical (unpaired) electrons. The molecule has 0 spiro atoms. The molecule has 1 atom stereocenters. The number of halogens is 1. The van der Waals surface area contributed by atoms with Crippen LogP contribution in [-0.4, -0.2) is 27.3 Å². The Morgan fingerprint density at radius 2 is 2.17 bits per heavy atom. The molecule has 0 aliphatic carbocycles. The molecule has 1 saturated heterocycles. The van der Waals surface area contributed by atoms with Gasteiger partial charge in [-0.25, -0.2) is 4.39 Å². The van der Waals surface area contributed by atoms with Crippen molar-refractivity contribution in [1.82, 2.24) is 5.32 Å². The molecule has 1 fully saturated rings. The second-order valence-corrected chi connectivity index (χ2v) is 4.72. The minimum absolute atomic E-state index is 0.258. The van der Waals surface area contributed by atoms with E-state index in [-0.39, 0.29) is 11.6 Å². The van der Waals surface area contributed by atoms with Crippen LogP contribution in [0.5, 0.6) is 11.5 Å². The second kappa shape index (κ2) is 6.05. The highest BCUT2D eigenvalue weighted by molar-refractivity contribution is 5.40. The zero-order valence-corrected chi connectivity index (χ0v) is 11.0. The molecule has 1 unspecified atom stereocenters. The van der Waals surface area contributed by atoms with E-state index >= 15 is 0 Å². The SMILES string of the molecule is COc1cc(CC2CCCNC2)c(F)c(OC)c1. The minimum Gasteiger partial charge on any atom is -0.497 e. The number of hydrogen-bond acceptors (Lipinski definition) is 3. The standard InChI is InChI=1S/C14H20FNO2/c1-17-12-7-11(14(15)13(8-12)18-2)6-10-4-3-5-16-9-10/h7-8,10,16H,3-6,9H2,1-2H3. The summed E-state index contributed by atoms with van der Waals surface area (Å²) >= 11 is 0. The maximum atomic E-state index is 14.1. The van der Waals surface area contributed by atoms with Crippen molar-refractivity contribution in [1.29, 1.82) is 0 Å². The van der Waals surface area contributed by atoms with E-state index in [4.69, 9.17) is 9.47 Å². The molecule has 1 aromatic carbocycles. The van der Waals surface area contributed by atoms with Crippen LogP contribution in [0.25, 0.3) is 0 Å². The fourth-order valence-electron chi connectivity index (χ4n) is 2.45. The van der Waals surface area contributed by atoms with Crippen LogP contribution in [-0.2, 0) is 6.42 Å². The molecule has 18 heavy (non-hydrogen) atoms. The molecule has 1 aliphatic heterocycles. The number of ether oxygens (including phenoxy) is 2. The van der Waals surface area contributed by atoms with Crippen LogP contribution in [0.3, 0.4) is 0 Å². The fraction of sp³-hybridized carbons (Fsp3) is 0.571. The van der Waals surface area contributed by atoms with Crippen molar-refractivity contribution in [2.75, 3.05) is 27.3 Å². The molecular formula is C14H20FNO2. The van der Waals surface area contributed by atoms with E-state index in [0.717, 1.165) is 32.4 Å². The van der Waals surface area contributed by atoms with E-state index < -0.39 is 0 Å². The lowest BCUT2D eigenvalue weighted by molar-refractivity contribution is 0.354. The van der Waals surface area contributed by atoms with E-state index in [0.29, 0.717) is 17.2 Å². The maximum Gasteiger partial charge on any atom is 0.168 e. The van der Waals surface area contributed by atoms with Crippen LogP contribution in [0.1, 0.15) is 18.4 Å². The topological polar surface area (TPSA) is 30.5 Å². The Morgan fingerprint density at radius 3 is 2.78 bits per heavy atom. The highest BCUT2D eigenvalue weighted by Gasteiger charge is 2.18. The Morgan fingerprint density at radius 1 is 1.33 bits per heavy atom. The molecule has 3 nitrogen and oxygen atoms in total. The Labute approximate surface area is 107 Å². The first-order valence-electron chi connectivity index (χ1n) is 6.35. The number of benzene rings is 1. The summed E-state index contributed by atoms with van der Waals surface area (Å²) in [6.07, 6.45) is 3.03. The third kappa shape index (κ3) is 2.93. The second-order valence-electron chi connectivity index (χ2n) is 4.72. The summed E-state index contributed by atoms with van der Waals surface area (Å²) in [6, 6.07) is 3.35. The first-order chi connectivity index (χ1) is 8.74. The first-order valence-corrected chi connectivity index (χ1v) is 6.35. The van der Waals surface area contributed by atoms with Gasteiger partial charge in [0.15, 0.2) is 11.6 Å². The summed E-state index contributed by atoms with van der Waals surface area (Å²) in [7, 11) is 3.06. The average Bonchev–Trinajstić information content (AvgIpc) is 2.42. The number of hydrogen-bond donors (Lipinski definition) is 1. The molecule has 1 aromatic rings. The van der Waals surface area contributed by atoms with Crippen LogP contribution in [0.2, 0.25) is 0 Å². The van der Waals surface area contributed by atoms with Crippen LogP contribution in [0, 0.1) is 11.7 Å². The third-order valence-corrected chi connectivity index (χ3v) is 3.45. The van der Waals surface area contributed by atoms with Gasteiger partial charge in [-0.15, -0.1) is 0 Å². The summed E-state index contributed by atoms with van der Waals surface area (Å²) in [5.41, 5.74) is 0.680. The van der Waals surface area contributed by atoms with Gasteiger partial charge in [0.25, 0.3) is 0 Å². The van der Waals surface area contributed by atoms with E-state index in [9.17, 15) is 4.39 Å². The Balaban J connectivity index is 2.19. The van der Waals surface area contributed by atoms with E-state index in [1.54, 1.807) is 19.2 Å². The van der Waals surface area contributed by atoms with Crippen molar-refractivity contribution in [3.63, 3.8) is 0 Å². The lowest BCUT2D eigenvalue weighted by Gasteiger charge is -2.23. The lowest BCUT2D eigenvalue weighted by Crippen LogP contribution is -2.31. The van der Waals surface area contributed by atoms with Crippen molar-refractivity contribution < 1.29 is 13.9 Å². The van der Waals surface area contributed by atoms with Gasteiger partial charge >= 0.3 is 0 Å². The molecule has 4 heteroatoms. The number of nitrogens with one attached hydrogen (secondary N) is 1. The Hall–Kier alpha value is -1.29. The summed E-state index contributed by atoms with van der Waals surface area (Å²) in [5.74, 6) is 1.13. The smallest absolute Gasteiger partial charge is 0.168 e. The van der Waals surface area contributed by atoms with Crippen LogP contribution in [0.15, 0.2) is 12.1 Å². The normalized spacial score (nSPS) is 19.6. The molecule has 2 rings (SSSR count). The lowest BCUT2D eigenvalue weighted by atomic mass is 9.92. The van der Waals surface area contributed by atoms with Crippen LogP contribution < -0.4 is 14.8 Å². The molecule has 0 bridgehead atoms. The predicted octanol–water partition coefficient (Wildman–Crippen LogP) is 2.39. The van der Waals surface area contributed by atoms with E-state index in [1.165, 1.54) is 7.11 Å². The Kier molecular flexibility index (Phi) is 4.42. The van der Waals surface area contributed by atoms with Crippen molar-refractivity contribution >= 4 is 0 Å². The number of methoxy groups -OCH3 is 2. The number of piperidine rings is 1. The number of rotatable bonds is 4. The van der Waals surface area contributed by atoms with Gasteiger partial charge in [-0.3, -0.25) is 0 Å². The van der Waals surface area contributed by atoms with Crippen molar-refractivity contribution in [3.05, 3.63) is 23.5 Å². The molecule has 1 N–H and O–H groups in total. The summed E-state index contributed by atoms with van der Waals surface area (Å²) in [6.45, 7) is 2.03. The highest BCUT2D eigenvalue weighted by Crippen LogP contribution is 2.29. The van der Waals surface area contributed by atoms with Gasteiger partial charge in [-0.05, 0) is 49.9 Å². The minimum atomic E-state index is -0.260. The average molecular weight is 253 g/mol. The molecule has 0 saturated carbocycles. The van der Waals surface area contributed by atoms with Crippen LogP contribution >= 0.6 is 0 Å². The van der Waals surface area contributed by atoms with Crippen molar-refractivity contribution in [3.8, 4) is 11.5 Å². The van der Waals surface area contributed by atoms with Gasteiger partial charge in [0, 0.05) is 6.07 Å². The fourth-order valence-corrected chi connectivity index (χ4v) is 2.45. The molecule has 0 amide bonds. The third-order valence-electron chi connectivity index (χ3n) is 3.45. The predicted molar refractivity (Wildman–Crippen MR) is 68.8 cm³/mol. The highest BCUT2D eigenvalue weighted by atomic mass is 19.1. The maximum absolute atomic E-state index is 14.1. The van der Waals surface area contributed by atoms with Gasteiger partial charge < -0.3 is 14.8 Å². The monoisotopic (exact) mass is 253 g/mol. The quantitative estimate of drug-likeness (QED) is 0.893. The summed E-state index contributed by atoms with van der Waals surface area (Å²) in [5, 5.41) is 3.35. The van der Waals surface area contributed by atoms with E-state index in [2.05, 4.69) is 5.32 Å². The van der Waals surface area contributed by atoms with Gasteiger partial charge in [-0.1, -0.05) is 0 Å². The zero-order chi connectivity index (χ0) is 13.0. The largest absolute Gasteiger partial charge is 0.497 e. The van der Waals surface area contributed by atoms with Gasteiger partial charge in [-0.2, -0.15) is 0 Å². The first kappa shape index (κ1) is 13.1. The van der Waals surface area contributed by atoms with Crippen molar-refractivity contribution in [2.45, 2.75) is 19.3 Å². The molecule has 1 aliphatic rings. The van der Waals surface area contributed by atoms with Gasteiger partial charge in [0.05, 0.1) is 14.2 Å². The molecule has 100 valence electrons. The van der Waals surface area contributed by atoms with Gasteiger partial charge in [0.2, 0.25) is 0 Å². The van der Waals surface area contributed by atoms with Crippen LogP contribution in [0.4, 0.5) is 4.39 Å². The van der Waals surface area contributed by atoms with Gasteiger partial charge in [0.1, 0.15) is 5.75 Å². The molecular weight excluding hydrogens is 233 g/mol. The summed E-state index contributed by atoms with van der Waals surface area (Å²) in [4.78, 5) is 0. The summed E-state index contributed by atoms with van der Waals surface area (Å²) < 4.78 is 24.4. The molecule has 0 aromatic heterocycles. The zero-order valence-electron chi connectivity index (χ0n) is 11.0. The van der Waals surface area contributed by atoms with E-state index in [1.807, 2.05) is 0 Å². The molecule has 1 heterocycles. The van der Waals surface area contributed by atoms with Crippen molar-refractivity contribution in [2.24, 2.45) is 5.92 Å². The Bertz CT molecular complexity index is 403.